The lowest BCUT2D eigenvalue weighted by atomic mass is 9.89. The van der Waals surface area contributed by atoms with Gasteiger partial charge in [-0.1, -0.05) is 18.2 Å². The van der Waals surface area contributed by atoms with Gasteiger partial charge in [-0.2, -0.15) is 0 Å². The lowest BCUT2D eigenvalue weighted by molar-refractivity contribution is 0.00309. The molecule has 0 bridgehead atoms. The molecule has 1 aliphatic heterocycles. The molecule has 0 aliphatic carbocycles. The Balaban J connectivity index is 2.04. The predicted octanol–water partition coefficient (Wildman–Crippen LogP) is 4.19. The first-order valence-electron chi connectivity index (χ1n) is 7.39. The van der Waals surface area contributed by atoms with Crippen LogP contribution in [-0.2, 0) is 4.74 Å². The first kappa shape index (κ1) is 15.3. The topological polar surface area (TPSA) is 61.5 Å². The Kier molecular flexibility index (Phi) is 3.72. The molecule has 2 N–H and O–H groups in total. The number of halogens is 1. The van der Waals surface area contributed by atoms with Gasteiger partial charge in [-0.25, -0.2) is 9.18 Å². The first-order chi connectivity index (χ1) is 10.8. The Bertz CT molecular complexity index is 758. The third kappa shape index (κ3) is 3.28. The molecule has 3 rings (SSSR count). The quantitative estimate of drug-likeness (QED) is 0.904. The average Bonchev–Trinajstić information content (AvgIpc) is 2.45. The monoisotopic (exact) mass is 315 g/mol. The molecule has 1 unspecified atom stereocenters. The van der Waals surface area contributed by atoms with E-state index in [4.69, 9.17) is 15.2 Å². The number of rotatable bonds is 2. The number of carbonyl (C=O) groups is 1. The normalized spacial score (nSPS) is 18.7. The number of fused-ring (bicyclic) bond motifs is 1. The van der Waals surface area contributed by atoms with E-state index in [-0.39, 0.29) is 5.82 Å². The van der Waals surface area contributed by atoms with Gasteiger partial charge in [0.05, 0.1) is 0 Å². The van der Waals surface area contributed by atoms with Crippen molar-refractivity contribution in [1.29, 1.82) is 0 Å². The summed E-state index contributed by atoms with van der Waals surface area (Å²) in [7, 11) is 0. The molecule has 1 aliphatic rings. The number of ether oxygens (including phenoxy) is 2. The van der Waals surface area contributed by atoms with E-state index in [0.29, 0.717) is 12.2 Å². The molecule has 23 heavy (non-hydrogen) atoms. The zero-order valence-corrected chi connectivity index (χ0v) is 13.0. The largest absolute Gasteiger partial charge is 0.487 e. The molecule has 0 saturated heterocycles. The molecular formula is C18H18FNO3. The zero-order chi connectivity index (χ0) is 16.6. The van der Waals surface area contributed by atoms with Crippen LogP contribution >= 0.6 is 0 Å². The van der Waals surface area contributed by atoms with Gasteiger partial charge in [0.25, 0.3) is 0 Å². The van der Waals surface area contributed by atoms with Gasteiger partial charge in [-0.15, -0.1) is 0 Å². The highest BCUT2D eigenvalue weighted by Gasteiger charge is 2.35. The summed E-state index contributed by atoms with van der Waals surface area (Å²) in [5, 5.41) is 0. The molecule has 0 fully saturated rings. The van der Waals surface area contributed by atoms with Gasteiger partial charge in [-0.05, 0) is 49.2 Å². The fraction of sp³-hybridized carbons (Fsp3) is 0.278. The molecule has 2 aromatic rings. The van der Waals surface area contributed by atoms with Gasteiger partial charge in [0.2, 0.25) is 0 Å². The molecule has 0 aromatic heterocycles. The highest BCUT2D eigenvalue weighted by atomic mass is 19.1. The minimum atomic E-state index is -0.824. The number of nitrogens with two attached hydrogens (primary N) is 1. The van der Waals surface area contributed by atoms with Crippen LogP contribution in [0.15, 0.2) is 42.5 Å². The van der Waals surface area contributed by atoms with Crippen LogP contribution in [0, 0.1) is 5.82 Å². The molecule has 0 saturated carbocycles. The second kappa shape index (κ2) is 5.57. The predicted molar refractivity (Wildman–Crippen MR) is 84.6 cm³/mol. The maximum Gasteiger partial charge on any atom is 0.405 e. The van der Waals surface area contributed by atoms with Crippen LogP contribution in [0.2, 0.25) is 0 Å². The first-order valence-corrected chi connectivity index (χ1v) is 7.39. The Morgan fingerprint density at radius 2 is 2.00 bits per heavy atom. The maximum absolute atomic E-state index is 13.4. The Hall–Kier alpha value is -2.56. The summed E-state index contributed by atoms with van der Waals surface area (Å²) in [6, 6.07) is 11.9. The van der Waals surface area contributed by atoms with Crippen molar-refractivity contribution in [1.82, 2.24) is 0 Å². The molecule has 1 atom stereocenters. The summed E-state index contributed by atoms with van der Waals surface area (Å²) >= 11 is 0. The van der Waals surface area contributed by atoms with Crippen LogP contribution in [0.1, 0.15) is 31.9 Å². The minimum absolute atomic E-state index is 0.303. The molecule has 0 radical (unpaired) electrons. The van der Waals surface area contributed by atoms with Crippen molar-refractivity contribution in [3.8, 4) is 16.9 Å². The van der Waals surface area contributed by atoms with E-state index in [2.05, 4.69) is 0 Å². The van der Waals surface area contributed by atoms with Gasteiger partial charge >= 0.3 is 6.09 Å². The molecule has 1 heterocycles. The molecule has 0 spiro atoms. The summed E-state index contributed by atoms with van der Waals surface area (Å²) < 4.78 is 24.6. The van der Waals surface area contributed by atoms with Crippen molar-refractivity contribution in [3.05, 3.63) is 53.8 Å². The molecule has 120 valence electrons. The van der Waals surface area contributed by atoms with Crippen molar-refractivity contribution < 1.29 is 18.7 Å². The van der Waals surface area contributed by atoms with Crippen LogP contribution < -0.4 is 10.5 Å². The maximum atomic E-state index is 13.4. The van der Waals surface area contributed by atoms with E-state index >= 15 is 0 Å². The van der Waals surface area contributed by atoms with Crippen LogP contribution in [-0.4, -0.2) is 11.7 Å². The van der Waals surface area contributed by atoms with E-state index in [9.17, 15) is 9.18 Å². The molecule has 1 amide bonds. The fourth-order valence-corrected chi connectivity index (χ4v) is 2.88. The van der Waals surface area contributed by atoms with Crippen molar-refractivity contribution in [3.63, 3.8) is 0 Å². The highest BCUT2D eigenvalue weighted by molar-refractivity contribution is 5.68. The van der Waals surface area contributed by atoms with Gasteiger partial charge in [0, 0.05) is 12.0 Å². The second-order valence-electron chi connectivity index (χ2n) is 6.25. The summed E-state index contributed by atoms with van der Waals surface area (Å²) in [5.74, 6) is 0.343. The number of carbonyl (C=O) groups excluding carboxylic acids is 1. The number of primary amides is 1. The smallest absolute Gasteiger partial charge is 0.405 e. The summed E-state index contributed by atoms with van der Waals surface area (Å²) in [6.07, 6.45) is -0.815. The van der Waals surface area contributed by atoms with E-state index in [1.807, 2.05) is 38.1 Å². The third-order valence-electron chi connectivity index (χ3n) is 3.84. The van der Waals surface area contributed by atoms with Gasteiger partial charge in [0.1, 0.15) is 23.3 Å². The number of amides is 1. The zero-order valence-electron chi connectivity index (χ0n) is 13.0. The third-order valence-corrected chi connectivity index (χ3v) is 3.84. The van der Waals surface area contributed by atoms with Gasteiger partial charge in [0.15, 0.2) is 0 Å². The molecule has 2 aromatic carbocycles. The summed E-state index contributed by atoms with van der Waals surface area (Å²) in [4.78, 5) is 11.2. The number of hydrogen-bond acceptors (Lipinski definition) is 3. The van der Waals surface area contributed by atoms with Gasteiger partial charge < -0.3 is 15.2 Å². The Labute approximate surface area is 134 Å². The van der Waals surface area contributed by atoms with Crippen LogP contribution in [0.3, 0.4) is 0 Å². The van der Waals surface area contributed by atoms with Crippen LogP contribution in [0.25, 0.3) is 11.1 Å². The summed E-state index contributed by atoms with van der Waals surface area (Å²) in [6.45, 7) is 3.85. The van der Waals surface area contributed by atoms with E-state index in [1.54, 1.807) is 6.07 Å². The molecular weight excluding hydrogens is 297 g/mol. The Morgan fingerprint density at radius 1 is 1.26 bits per heavy atom. The Morgan fingerprint density at radius 3 is 2.70 bits per heavy atom. The van der Waals surface area contributed by atoms with Crippen molar-refractivity contribution in [2.24, 2.45) is 5.73 Å². The second-order valence-corrected chi connectivity index (χ2v) is 6.25. The van der Waals surface area contributed by atoms with E-state index < -0.39 is 17.8 Å². The highest BCUT2D eigenvalue weighted by Crippen LogP contribution is 2.43. The molecule has 4 nitrogen and oxygen atoms in total. The van der Waals surface area contributed by atoms with Crippen molar-refractivity contribution in [2.45, 2.75) is 32.0 Å². The number of benzene rings is 2. The van der Waals surface area contributed by atoms with Crippen LogP contribution in [0.5, 0.6) is 5.75 Å². The van der Waals surface area contributed by atoms with Gasteiger partial charge in [-0.3, -0.25) is 0 Å². The standard InChI is InChI=1S/C18H18FNO3/c1-18(2)10-16(22-17(20)21)14-9-12(6-7-15(14)23-18)11-4-3-5-13(19)8-11/h3-9,16H,10H2,1-2H3,(H2,20,21). The fourth-order valence-electron chi connectivity index (χ4n) is 2.88. The van der Waals surface area contributed by atoms with Crippen molar-refractivity contribution >= 4 is 6.09 Å². The average molecular weight is 315 g/mol. The SMILES string of the molecule is CC1(C)CC(OC(N)=O)c2cc(-c3cccc(F)c3)ccc2O1. The van der Waals surface area contributed by atoms with E-state index in [0.717, 1.165) is 16.7 Å². The minimum Gasteiger partial charge on any atom is -0.487 e. The lowest BCUT2D eigenvalue weighted by Crippen LogP contribution is -2.36. The molecule has 5 heteroatoms. The van der Waals surface area contributed by atoms with Crippen molar-refractivity contribution in [2.75, 3.05) is 0 Å². The lowest BCUT2D eigenvalue weighted by Gasteiger charge is -2.37. The van der Waals surface area contributed by atoms with E-state index in [1.165, 1.54) is 12.1 Å². The summed E-state index contributed by atoms with van der Waals surface area (Å²) in [5.41, 5.74) is 7.03. The number of hydrogen-bond donors (Lipinski definition) is 1. The van der Waals surface area contributed by atoms with Crippen LogP contribution in [0.4, 0.5) is 9.18 Å².